The molecule has 0 unspecified atom stereocenters. The zero-order valence-corrected chi connectivity index (χ0v) is 12.7. The number of rotatable bonds is 5. The van der Waals surface area contributed by atoms with Crippen LogP contribution in [-0.4, -0.2) is 10.9 Å². The lowest BCUT2D eigenvalue weighted by Gasteiger charge is -2.11. The van der Waals surface area contributed by atoms with E-state index in [9.17, 15) is 13.9 Å². The summed E-state index contributed by atoms with van der Waals surface area (Å²) in [6.45, 7) is 0.486. The Kier molecular flexibility index (Phi) is 5.25. The summed E-state index contributed by atoms with van der Waals surface area (Å²) in [5, 5.41) is 12.5. The van der Waals surface area contributed by atoms with Crippen LogP contribution in [0.1, 0.15) is 5.56 Å². The van der Waals surface area contributed by atoms with E-state index in [0.29, 0.717) is 33.4 Å². The number of phenols is 1. The van der Waals surface area contributed by atoms with Gasteiger partial charge in [-0.05, 0) is 45.8 Å². The number of anilines is 1. The van der Waals surface area contributed by atoms with Crippen molar-refractivity contribution in [1.29, 1.82) is 0 Å². The predicted molar refractivity (Wildman–Crippen MR) is 81.4 cm³/mol. The maximum absolute atomic E-state index is 12.5. The first-order valence-corrected chi connectivity index (χ1v) is 7.48. The molecule has 0 radical (unpaired) electrons. The van der Waals surface area contributed by atoms with Crippen molar-refractivity contribution in [3.63, 3.8) is 0 Å². The van der Waals surface area contributed by atoms with Crippen molar-refractivity contribution in [2.75, 3.05) is 5.32 Å². The minimum absolute atomic E-state index is 0.169. The second-order valence-corrected chi connectivity index (χ2v) is 5.90. The van der Waals surface area contributed by atoms with E-state index in [4.69, 9.17) is 0 Å². The van der Waals surface area contributed by atoms with Crippen molar-refractivity contribution < 1.29 is 13.9 Å². The zero-order valence-electron chi connectivity index (χ0n) is 10.3. The summed E-state index contributed by atoms with van der Waals surface area (Å²) >= 11 is 3.76. The van der Waals surface area contributed by atoms with Gasteiger partial charge in [0.05, 0.1) is 4.47 Å². The van der Waals surface area contributed by atoms with E-state index in [2.05, 4.69) is 21.2 Å². The minimum atomic E-state index is -2.44. The molecule has 0 heterocycles. The van der Waals surface area contributed by atoms with Gasteiger partial charge < -0.3 is 10.4 Å². The standard InChI is InChI=1S/C14H12BrF2NOS/c15-10-7-9(5-6-12(10)19)8-18-11-3-1-2-4-13(11)20-14(16)17/h1-7,14,18-19H,8H2. The second-order valence-electron chi connectivity index (χ2n) is 4.01. The maximum Gasteiger partial charge on any atom is 0.288 e. The number of halogens is 3. The molecule has 2 rings (SSSR count). The number of alkyl halides is 2. The van der Waals surface area contributed by atoms with Crippen LogP contribution in [0, 0.1) is 0 Å². The van der Waals surface area contributed by atoms with Crippen LogP contribution in [0.25, 0.3) is 0 Å². The van der Waals surface area contributed by atoms with Crippen LogP contribution >= 0.6 is 27.7 Å². The van der Waals surface area contributed by atoms with Gasteiger partial charge in [0.25, 0.3) is 5.76 Å². The molecule has 0 amide bonds. The summed E-state index contributed by atoms with van der Waals surface area (Å²) in [5.41, 5.74) is 1.61. The number of nitrogens with one attached hydrogen (secondary N) is 1. The Morgan fingerprint density at radius 2 is 1.95 bits per heavy atom. The molecule has 6 heteroatoms. The lowest BCUT2D eigenvalue weighted by Crippen LogP contribution is -2.01. The van der Waals surface area contributed by atoms with E-state index in [1.165, 1.54) is 0 Å². The van der Waals surface area contributed by atoms with Crippen molar-refractivity contribution in [2.45, 2.75) is 17.2 Å². The fraction of sp³-hybridized carbons (Fsp3) is 0.143. The lowest BCUT2D eigenvalue weighted by atomic mass is 10.2. The van der Waals surface area contributed by atoms with Gasteiger partial charge in [0.15, 0.2) is 0 Å². The Hall–Kier alpha value is -1.27. The molecule has 0 bridgehead atoms. The molecule has 0 spiro atoms. The predicted octanol–water partition coefficient (Wildman–Crippen LogP) is 5.08. The van der Waals surface area contributed by atoms with Crippen LogP contribution in [0.2, 0.25) is 0 Å². The number of hydrogen-bond acceptors (Lipinski definition) is 3. The average molecular weight is 360 g/mol. The third-order valence-corrected chi connectivity index (χ3v) is 4.02. The molecule has 0 aromatic heterocycles. The van der Waals surface area contributed by atoms with E-state index >= 15 is 0 Å². The Bertz CT molecular complexity index is 595. The molecule has 2 nitrogen and oxygen atoms in total. The average Bonchev–Trinajstić information content (AvgIpc) is 2.41. The second kappa shape index (κ2) is 6.95. The van der Waals surface area contributed by atoms with Gasteiger partial charge in [-0.3, -0.25) is 0 Å². The van der Waals surface area contributed by atoms with E-state index in [1.54, 1.807) is 42.5 Å². The summed E-state index contributed by atoms with van der Waals surface area (Å²) in [6.07, 6.45) is 0. The van der Waals surface area contributed by atoms with Crippen LogP contribution in [-0.2, 0) is 6.54 Å². The Labute approximate surface area is 128 Å². The van der Waals surface area contributed by atoms with Crippen molar-refractivity contribution in [1.82, 2.24) is 0 Å². The molecule has 0 fully saturated rings. The highest BCUT2D eigenvalue weighted by atomic mass is 79.9. The summed E-state index contributed by atoms with van der Waals surface area (Å²) in [5.74, 6) is -2.27. The monoisotopic (exact) mass is 359 g/mol. The van der Waals surface area contributed by atoms with Gasteiger partial charge in [0.1, 0.15) is 5.75 Å². The van der Waals surface area contributed by atoms with E-state index in [1.807, 2.05) is 0 Å². The number of hydrogen-bond donors (Lipinski definition) is 2. The van der Waals surface area contributed by atoms with Gasteiger partial charge >= 0.3 is 0 Å². The van der Waals surface area contributed by atoms with Crippen LogP contribution < -0.4 is 5.32 Å². The molecule has 106 valence electrons. The molecular formula is C14H12BrF2NOS. The number of thioether (sulfide) groups is 1. The third-order valence-electron chi connectivity index (χ3n) is 2.60. The number of para-hydroxylation sites is 1. The van der Waals surface area contributed by atoms with Crippen molar-refractivity contribution in [3.05, 3.63) is 52.5 Å². The van der Waals surface area contributed by atoms with Gasteiger partial charge in [-0.2, -0.15) is 8.78 Å². The Balaban J connectivity index is 2.08. The SMILES string of the molecule is Oc1ccc(CNc2ccccc2SC(F)F)cc1Br. The molecule has 0 aliphatic heterocycles. The molecule has 20 heavy (non-hydrogen) atoms. The number of phenolic OH excluding ortho intramolecular Hbond substituents is 1. The van der Waals surface area contributed by atoms with Gasteiger partial charge in [0, 0.05) is 17.1 Å². The van der Waals surface area contributed by atoms with Crippen LogP contribution in [0.15, 0.2) is 51.8 Å². The fourth-order valence-electron chi connectivity index (χ4n) is 1.67. The highest BCUT2D eigenvalue weighted by Gasteiger charge is 2.09. The maximum atomic E-state index is 12.5. The molecular weight excluding hydrogens is 348 g/mol. The van der Waals surface area contributed by atoms with Crippen molar-refractivity contribution >= 4 is 33.4 Å². The summed E-state index contributed by atoms with van der Waals surface area (Å²) in [7, 11) is 0. The summed E-state index contributed by atoms with van der Waals surface area (Å²) in [6, 6.07) is 12.1. The Morgan fingerprint density at radius 1 is 1.20 bits per heavy atom. The molecule has 0 aliphatic carbocycles. The molecule has 2 aromatic rings. The van der Waals surface area contributed by atoms with Gasteiger partial charge in [-0.15, -0.1) is 0 Å². The van der Waals surface area contributed by atoms with Crippen molar-refractivity contribution in [3.8, 4) is 5.75 Å². The topological polar surface area (TPSA) is 32.3 Å². The van der Waals surface area contributed by atoms with Gasteiger partial charge in [-0.25, -0.2) is 0 Å². The van der Waals surface area contributed by atoms with Crippen LogP contribution in [0.3, 0.4) is 0 Å². The highest BCUT2D eigenvalue weighted by molar-refractivity contribution is 9.10. The summed E-state index contributed by atoms with van der Waals surface area (Å²) in [4.78, 5) is 0.514. The molecule has 2 aromatic carbocycles. The first-order valence-electron chi connectivity index (χ1n) is 5.81. The zero-order chi connectivity index (χ0) is 14.5. The lowest BCUT2D eigenvalue weighted by molar-refractivity contribution is 0.252. The largest absolute Gasteiger partial charge is 0.507 e. The normalized spacial score (nSPS) is 10.8. The third kappa shape index (κ3) is 4.11. The van der Waals surface area contributed by atoms with Crippen LogP contribution in [0.5, 0.6) is 5.75 Å². The highest BCUT2D eigenvalue weighted by Crippen LogP contribution is 2.32. The molecule has 0 aliphatic rings. The minimum Gasteiger partial charge on any atom is -0.507 e. The van der Waals surface area contributed by atoms with Crippen molar-refractivity contribution in [2.24, 2.45) is 0 Å². The quantitative estimate of drug-likeness (QED) is 0.730. The van der Waals surface area contributed by atoms with Gasteiger partial charge in [0.2, 0.25) is 0 Å². The van der Waals surface area contributed by atoms with E-state index < -0.39 is 5.76 Å². The Morgan fingerprint density at radius 3 is 2.65 bits per heavy atom. The molecule has 2 N–H and O–H groups in total. The van der Waals surface area contributed by atoms with Gasteiger partial charge in [-0.1, -0.05) is 30.0 Å². The smallest absolute Gasteiger partial charge is 0.288 e. The fourth-order valence-corrected chi connectivity index (χ4v) is 2.71. The molecule has 0 saturated carbocycles. The first-order chi connectivity index (χ1) is 9.56. The van der Waals surface area contributed by atoms with E-state index in [-0.39, 0.29) is 5.75 Å². The first kappa shape index (κ1) is 15.1. The number of aromatic hydroxyl groups is 1. The summed E-state index contributed by atoms with van der Waals surface area (Å²) < 4.78 is 25.5. The number of benzene rings is 2. The van der Waals surface area contributed by atoms with Crippen LogP contribution in [0.4, 0.5) is 14.5 Å². The molecule has 0 atom stereocenters. The van der Waals surface area contributed by atoms with E-state index in [0.717, 1.165) is 5.56 Å². The molecule has 0 saturated heterocycles.